The lowest BCUT2D eigenvalue weighted by atomic mass is 9.64. The van der Waals surface area contributed by atoms with Crippen LogP contribution in [0.25, 0.3) is 11.2 Å². The minimum atomic E-state index is -0.325. The number of amides is 1. The van der Waals surface area contributed by atoms with Crippen LogP contribution in [0.15, 0.2) is 47.4 Å². The van der Waals surface area contributed by atoms with E-state index < -0.39 is 0 Å². The van der Waals surface area contributed by atoms with Gasteiger partial charge in [-0.05, 0) is 24.5 Å². The Labute approximate surface area is 155 Å². The first kappa shape index (κ1) is 16.3. The van der Waals surface area contributed by atoms with E-state index in [-0.39, 0.29) is 23.1 Å². The predicted molar refractivity (Wildman–Crippen MR) is 99.4 cm³/mol. The third kappa shape index (κ3) is 2.57. The van der Waals surface area contributed by atoms with Crippen LogP contribution in [-0.4, -0.2) is 45.5 Å². The topological polar surface area (TPSA) is 91.1 Å². The van der Waals surface area contributed by atoms with Crippen LogP contribution in [0.4, 0.5) is 0 Å². The van der Waals surface area contributed by atoms with Gasteiger partial charge in [0, 0.05) is 31.4 Å². The van der Waals surface area contributed by atoms with E-state index in [2.05, 4.69) is 27.1 Å². The maximum atomic E-state index is 13.2. The fraction of sp³-hybridized carbons (Fsp3) is 0.350. The zero-order chi connectivity index (χ0) is 18.4. The third-order valence-electron chi connectivity index (χ3n) is 5.86. The van der Waals surface area contributed by atoms with Crippen LogP contribution in [0.2, 0.25) is 0 Å². The zero-order valence-electron chi connectivity index (χ0n) is 14.8. The fourth-order valence-electron chi connectivity index (χ4n) is 4.51. The lowest BCUT2D eigenvalue weighted by molar-refractivity contribution is -0.115. The molecule has 2 aliphatic heterocycles. The minimum Gasteiger partial charge on any atom is -0.381 e. The van der Waals surface area contributed by atoms with Crippen molar-refractivity contribution in [3.8, 4) is 0 Å². The summed E-state index contributed by atoms with van der Waals surface area (Å²) < 4.78 is 5.57. The Morgan fingerprint density at radius 2 is 1.96 bits per heavy atom. The van der Waals surface area contributed by atoms with Crippen LogP contribution in [0.3, 0.4) is 0 Å². The summed E-state index contributed by atoms with van der Waals surface area (Å²) >= 11 is 0. The molecule has 1 unspecified atom stereocenters. The number of benzene rings is 1. The van der Waals surface area contributed by atoms with Gasteiger partial charge in [0.25, 0.3) is 5.91 Å². The number of likely N-dealkylation sites (tertiary alicyclic amines) is 1. The zero-order valence-corrected chi connectivity index (χ0v) is 14.8. The number of carbonyl (C=O) groups excluding carboxylic acids is 1. The lowest BCUT2D eigenvalue weighted by Crippen LogP contribution is -2.62. The van der Waals surface area contributed by atoms with Gasteiger partial charge < -0.3 is 14.6 Å². The molecule has 5 rings (SSSR count). The molecule has 0 radical (unpaired) electrons. The summed E-state index contributed by atoms with van der Waals surface area (Å²) in [4.78, 5) is 36.1. The average molecular weight is 364 g/mol. The fourth-order valence-corrected chi connectivity index (χ4v) is 4.51. The molecular formula is C20H20N4O3. The molecule has 2 saturated heterocycles. The van der Waals surface area contributed by atoms with Gasteiger partial charge >= 0.3 is 5.69 Å². The number of hydrogen-bond donors (Lipinski definition) is 2. The number of H-pyrrole nitrogens is 2. The van der Waals surface area contributed by atoms with Crippen molar-refractivity contribution in [1.82, 2.24) is 19.9 Å². The van der Waals surface area contributed by atoms with Crippen molar-refractivity contribution >= 4 is 17.1 Å². The van der Waals surface area contributed by atoms with E-state index in [1.165, 1.54) is 6.20 Å². The molecule has 0 aliphatic carbocycles. The number of pyridine rings is 1. The van der Waals surface area contributed by atoms with E-state index in [4.69, 9.17) is 4.74 Å². The predicted octanol–water partition coefficient (Wildman–Crippen LogP) is 2.25. The Hall–Kier alpha value is -2.93. The number of hydrogen-bond acceptors (Lipinski definition) is 4. The van der Waals surface area contributed by atoms with Crippen molar-refractivity contribution in [2.24, 2.45) is 5.41 Å². The monoisotopic (exact) mass is 364 g/mol. The van der Waals surface area contributed by atoms with Gasteiger partial charge in [-0.2, -0.15) is 0 Å². The van der Waals surface area contributed by atoms with Crippen LogP contribution in [-0.2, 0) is 4.74 Å². The molecular weight excluding hydrogens is 344 g/mol. The first-order chi connectivity index (χ1) is 13.2. The van der Waals surface area contributed by atoms with Gasteiger partial charge in [-0.25, -0.2) is 9.78 Å². The van der Waals surface area contributed by atoms with Crippen LogP contribution in [0.1, 0.15) is 34.8 Å². The SMILES string of the molecule is O=C(c1cnc2[nH]c(=O)[nH]c2c1)N1CC2(CCOCC2)C1c1ccccc1. The van der Waals surface area contributed by atoms with Crippen molar-refractivity contribution in [1.29, 1.82) is 0 Å². The summed E-state index contributed by atoms with van der Waals surface area (Å²) in [5.41, 5.74) is 2.40. The molecule has 0 saturated carbocycles. The summed E-state index contributed by atoms with van der Waals surface area (Å²) in [5.74, 6) is -0.0579. The van der Waals surface area contributed by atoms with Crippen molar-refractivity contribution in [3.63, 3.8) is 0 Å². The van der Waals surface area contributed by atoms with Crippen LogP contribution < -0.4 is 5.69 Å². The van der Waals surface area contributed by atoms with Crippen molar-refractivity contribution in [3.05, 3.63) is 64.2 Å². The molecule has 7 nitrogen and oxygen atoms in total. The number of fused-ring (bicyclic) bond motifs is 1. The highest BCUT2D eigenvalue weighted by Gasteiger charge is 2.55. The molecule has 2 aliphatic rings. The van der Waals surface area contributed by atoms with Crippen LogP contribution in [0, 0.1) is 5.41 Å². The highest BCUT2D eigenvalue weighted by atomic mass is 16.5. The van der Waals surface area contributed by atoms with Crippen molar-refractivity contribution in [2.75, 3.05) is 19.8 Å². The second-order valence-corrected chi connectivity index (χ2v) is 7.42. The Morgan fingerprint density at radius 3 is 2.74 bits per heavy atom. The Kier molecular flexibility index (Phi) is 3.65. The molecule has 138 valence electrons. The molecule has 1 spiro atoms. The number of ether oxygens (including phenoxy) is 1. The molecule has 2 aromatic heterocycles. The maximum Gasteiger partial charge on any atom is 0.325 e. The first-order valence-electron chi connectivity index (χ1n) is 9.18. The summed E-state index contributed by atoms with van der Waals surface area (Å²) in [5, 5.41) is 0. The van der Waals surface area contributed by atoms with Gasteiger partial charge in [0.15, 0.2) is 5.65 Å². The van der Waals surface area contributed by atoms with E-state index in [0.29, 0.717) is 16.7 Å². The quantitative estimate of drug-likeness (QED) is 0.730. The Balaban J connectivity index is 1.50. The molecule has 1 aromatic carbocycles. The molecule has 0 bridgehead atoms. The number of aromatic nitrogens is 3. The molecule has 3 aromatic rings. The highest BCUT2D eigenvalue weighted by molar-refractivity contribution is 5.97. The Morgan fingerprint density at radius 1 is 1.19 bits per heavy atom. The van der Waals surface area contributed by atoms with Gasteiger partial charge in [-0.15, -0.1) is 0 Å². The average Bonchev–Trinajstić information content (AvgIpc) is 3.06. The van der Waals surface area contributed by atoms with E-state index in [1.54, 1.807) is 6.07 Å². The normalized spacial score (nSPS) is 21.3. The lowest BCUT2D eigenvalue weighted by Gasteiger charge is -2.59. The second kappa shape index (κ2) is 6.06. The minimum absolute atomic E-state index is 0.0380. The number of aromatic amines is 2. The summed E-state index contributed by atoms with van der Waals surface area (Å²) in [6, 6.07) is 11.9. The molecule has 2 fully saturated rings. The Bertz CT molecular complexity index is 1050. The number of nitrogens with zero attached hydrogens (tertiary/aromatic N) is 2. The number of imidazole rings is 1. The van der Waals surface area contributed by atoms with Crippen LogP contribution in [0.5, 0.6) is 0 Å². The number of carbonyl (C=O) groups is 1. The third-order valence-corrected chi connectivity index (χ3v) is 5.86. The molecule has 1 amide bonds. The van der Waals surface area contributed by atoms with E-state index in [0.717, 1.165) is 38.2 Å². The van der Waals surface area contributed by atoms with Crippen molar-refractivity contribution < 1.29 is 9.53 Å². The van der Waals surface area contributed by atoms with Crippen molar-refractivity contribution in [2.45, 2.75) is 18.9 Å². The van der Waals surface area contributed by atoms with Gasteiger partial charge in [0.1, 0.15) is 0 Å². The first-order valence-corrected chi connectivity index (χ1v) is 9.18. The summed E-state index contributed by atoms with van der Waals surface area (Å²) in [6.07, 6.45) is 3.45. The largest absolute Gasteiger partial charge is 0.381 e. The molecule has 7 heteroatoms. The summed E-state index contributed by atoms with van der Waals surface area (Å²) in [7, 11) is 0. The number of nitrogens with one attached hydrogen (secondary N) is 2. The van der Waals surface area contributed by atoms with E-state index in [1.807, 2.05) is 23.1 Å². The van der Waals surface area contributed by atoms with Crippen LogP contribution >= 0.6 is 0 Å². The molecule has 4 heterocycles. The smallest absolute Gasteiger partial charge is 0.325 e. The van der Waals surface area contributed by atoms with E-state index >= 15 is 0 Å². The second-order valence-electron chi connectivity index (χ2n) is 7.42. The highest BCUT2D eigenvalue weighted by Crippen LogP contribution is 2.55. The molecule has 1 atom stereocenters. The van der Waals surface area contributed by atoms with Gasteiger partial charge in [0.2, 0.25) is 0 Å². The maximum absolute atomic E-state index is 13.2. The van der Waals surface area contributed by atoms with Gasteiger partial charge in [0.05, 0.1) is 17.1 Å². The van der Waals surface area contributed by atoms with E-state index in [9.17, 15) is 9.59 Å². The van der Waals surface area contributed by atoms with Gasteiger partial charge in [-0.1, -0.05) is 30.3 Å². The standard InChI is InChI=1S/C20H20N4O3/c25-18(14-10-15-17(21-11-14)23-19(26)22-15)24-12-20(6-8-27-9-7-20)16(24)13-4-2-1-3-5-13/h1-5,10-11,16H,6-9,12H2,(H2,21,22,23,26). The molecule has 27 heavy (non-hydrogen) atoms. The summed E-state index contributed by atoms with van der Waals surface area (Å²) in [6.45, 7) is 2.20. The molecule has 2 N–H and O–H groups in total. The number of rotatable bonds is 2. The van der Waals surface area contributed by atoms with Gasteiger partial charge in [-0.3, -0.25) is 9.78 Å².